The van der Waals surface area contributed by atoms with Crippen molar-refractivity contribution in [1.82, 2.24) is 9.55 Å². The SMILES string of the molecule is CCCn1cc(C(=O)Nc2cc(Cl)ccc2C)c(=O)c2ccc(C)nc21. The maximum absolute atomic E-state index is 12.8. The fourth-order valence-corrected chi connectivity index (χ4v) is 3.02. The number of rotatable bonds is 4. The summed E-state index contributed by atoms with van der Waals surface area (Å²) in [5.74, 6) is -0.451. The summed E-state index contributed by atoms with van der Waals surface area (Å²) >= 11 is 6.01. The van der Waals surface area contributed by atoms with Crippen molar-refractivity contribution in [1.29, 1.82) is 0 Å². The Morgan fingerprint density at radius 2 is 2.00 bits per heavy atom. The zero-order valence-electron chi connectivity index (χ0n) is 15.0. The van der Waals surface area contributed by atoms with Crippen LogP contribution in [0.15, 0.2) is 41.3 Å². The second-order valence-corrected chi connectivity index (χ2v) is 6.74. The fraction of sp³-hybridized carbons (Fsp3) is 0.250. The van der Waals surface area contributed by atoms with Crippen LogP contribution in [0, 0.1) is 13.8 Å². The monoisotopic (exact) mass is 369 g/mol. The van der Waals surface area contributed by atoms with Crippen LogP contribution >= 0.6 is 11.6 Å². The number of amides is 1. The van der Waals surface area contributed by atoms with Crippen molar-refractivity contribution in [2.45, 2.75) is 33.7 Å². The van der Waals surface area contributed by atoms with Gasteiger partial charge in [0.1, 0.15) is 11.2 Å². The maximum atomic E-state index is 12.8. The second kappa shape index (κ2) is 7.30. The third kappa shape index (κ3) is 3.48. The molecule has 134 valence electrons. The van der Waals surface area contributed by atoms with Crippen molar-refractivity contribution < 1.29 is 4.79 Å². The van der Waals surface area contributed by atoms with Crippen molar-refractivity contribution in [3.05, 3.63) is 68.6 Å². The molecule has 0 spiro atoms. The number of carbonyl (C=O) groups is 1. The van der Waals surface area contributed by atoms with Gasteiger partial charge in [0, 0.05) is 29.1 Å². The summed E-state index contributed by atoms with van der Waals surface area (Å²) in [6.45, 7) is 6.45. The standard InChI is InChI=1S/C20H20ClN3O2/c1-4-9-24-11-16(18(25)15-8-6-13(3)22-19(15)24)20(26)23-17-10-14(21)7-5-12(17)2/h5-8,10-11H,4,9H2,1-3H3,(H,23,26). The van der Waals surface area contributed by atoms with E-state index in [2.05, 4.69) is 10.3 Å². The molecule has 26 heavy (non-hydrogen) atoms. The van der Waals surface area contributed by atoms with Gasteiger partial charge in [-0.15, -0.1) is 0 Å². The van der Waals surface area contributed by atoms with Crippen LogP contribution in [0.4, 0.5) is 5.69 Å². The molecule has 0 atom stereocenters. The smallest absolute Gasteiger partial charge is 0.261 e. The van der Waals surface area contributed by atoms with Crippen molar-refractivity contribution in [3.63, 3.8) is 0 Å². The second-order valence-electron chi connectivity index (χ2n) is 6.30. The van der Waals surface area contributed by atoms with Gasteiger partial charge in [-0.1, -0.05) is 24.6 Å². The van der Waals surface area contributed by atoms with Crippen molar-refractivity contribution in [2.75, 3.05) is 5.32 Å². The highest BCUT2D eigenvalue weighted by Gasteiger charge is 2.17. The lowest BCUT2D eigenvalue weighted by atomic mass is 10.1. The molecule has 0 fully saturated rings. The molecule has 5 nitrogen and oxygen atoms in total. The van der Waals surface area contributed by atoms with Gasteiger partial charge >= 0.3 is 0 Å². The normalized spacial score (nSPS) is 10.9. The summed E-state index contributed by atoms with van der Waals surface area (Å²) < 4.78 is 1.86. The lowest BCUT2D eigenvalue weighted by Crippen LogP contribution is -2.24. The molecule has 0 aliphatic rings. The molecule has 0 aliphatic heterocycles. The summed E-state index contributed by atoms with van der Waals surface area (Å²) in [4.78, 5) is 30.1. The molecule has 3 rings (SSSR count). The largest absolute Gasteiger partial charge is 0.331 e. The molecule has 0 bridgehead atoms. The van der Waals surface area contributed by atoms with Crippen molar-refractivity contribution >= 4 is 34.2 Å². The Morgan fingerprint density at radius 3 is 2.73 bits per heavy atom. The number of halogens is 1. The van der Waals surface area contributed by atoms with Crippen LogP contribution in [0.1, 0.15) is 35.0 Å². The first-order chi connectivity index (χ1) is 12.4. The lowest BCUT2D eigenvalue weighted by molar-refractivity contribution is 0.102. The van der Waals surface area contributed by atoms with Gasteiger partial charge in [0.05, 0.1) is 5.39 Å². The van der Waals surface area contributed by atoms with Gasteiger partial charge in [-0.3, -0.25) is 9.59 Å². The van der Waals surface area contributed by atoms with Gasteiger partial charge in [0.2, 0.25) is 5.43 Å². The molecule has 0 aliphatic carbocycles. The summed E-state index contributed by atoms with van der Waals surface area (Å²) in [6.07, 6.45) is 2.46. The third-order valence-corrected chi connectivity index (χ3v) is 4.45. The predicted octanol–water partition coefficient (Wildman–Crippen LogP) is 4.33. The zero-order chi connectivity index (χ0) is 18.8. The predicted molar refractivity (Wildman–Crippen MR) is 105 cm³/mol. The van der Waals surface area contributed by atoms with E-state index in [0.29, 0.717) is 28.3 Å². The molecular formula is C20H20ClN3O2. The Morgan fingerprint density at radius 1 is 1.23 bits per heavy atom. The van der Waals surface area contributed by atoms with E-state index in [9.17, 15) is 9.59 Å². The van der Waals surface area contributed by atoms with Crippen LogP contribution in [0.5, 0.6) is 0 Å². The molecule has 1 aromatic carbocycles. The number of benzene rings is 1. The summed E-state index contributed by atoms with van der Waals surface area (Å²) in [7, 11) is 0. The zero-order valence-corrected chi connectivity index (χ0v) is 15.7. The number of pyridine rings is 2. The first-order valence-corrected chi connectivity index (χ1v) is 8.86. The number of aromatic nitrogens is 2. The number of fused-ring (bicyclic) bond motifs is 1. The molecular weight excluding hydrogens is 350 g/mol. The van der Waals surface area contributed by atoms with Crippen LogP contribution in [-0.4, -0.2) is 15.5 Å². The lowest BCUT2D eigenvalue weighted by Gasteiger charge is -2.13. The van der Waals surface area contributed by atoms with Gasteiger partial charge < -0.3 is 9.88 Å². The van der Waals surface area contributed by atoms with Gasteiger partial charge in [0.25, 0.3) is 5.91 Å². The van der Waals surface area contributed by atoms with E-state index in [1.54, 1.807) is 30.5 Å². The van der Waals surface area contributed by atoms with E-state index in [0.717, 1.165) is 17.7 Å². The first-order valence-electron chi connectivity index (χ1n) is 8.49. The Bertz CT molecular complexity index is 1060. The number of nitrogens with zero attached hydrogens (tertiary/aromatic N) is 2. The maximum Gasteiger partial charge on any atom is 0.261 e. The van der Waals surface area contributed by atoms with Crippen LogP contribution < -0.4 is 10.7 Å². The molecule has 1 amide bonds. The van der Waals surface area contributed by atoms with Crippen LogP contribution in [-0.2, 0) is 6.54 Å². The average Bonchev–Trinajstić information content (AvgIpc) is 2.60. The van der Waals surface area contributed by atoms with Crippen molar-refractivity contribution in [2.24, 2.45) is 0 Å². The Kier molecular flexibility index (Phi) is 5.09. The number of nitrogens with one attached hydrogen (secondary N) is 1. The van der Waals surface area contributed by atoms with Crippen LogP contribution in [0.25, 0.3) is 11.0 Å². The minimum atomic E-state index is -0.451. The highest BCUT2D eigenvalue weighted by Crippen LogP contribution is 2.21. The van der Waals surface area contributed by atoms with E-state index in [1.165, 1.54) is 0 Å². The van der Waals surface area contributed by atoms with Gasteiger partial charge in [-0.05, 0) is 50.1 Å². The number of hydrogen-bond acceptors (Lipinski definition) is 3. The quantitative estimate of drug-likeness (QED) is 0.744. The molecule has 0 unspecified atom stereocenters. The Hall–Kier alpha value is -2.66. The first kappa shape index (κ1) is 18.1. The number of anilines is 1. The van der Waals surface area contributed by atoms with E-state index in [1.807, 2.05) is 31.4 Å². The van der Waals surface area contributed by atoms with E-state index >= 15 is 0 Å². The number of hydrogen-bond donors (Lipinski definition) is 1. The molecule has 0 saturated carbocycles. The van der Waals surface area contributed by atoms with E-state index < -0.39 is 5.91 Å². The van der Waals surface area contributed by atoms with E-state index in [4.69, 9.17) is 11.6 Å². The van der Waals surface area contributed by atoms with Gasteiger partial charge in [-0.2, -0.15) is 0 Å². The minimum Gasteiger partial charge on any atom is -0.331 e. The molecule has 0 saturated heterocycles. The van der Waals surface area contributed by atoms with Gasteiger partial charge in [0.15, 0.2) is 0 Å². The molecule has 0 radical (unpaired) electrons. The minimum absolute atomic E-state index is 0.0935. The molecule has 2 heterocycles. The average molecular weight is 370 g/mol. The summed E-state index contributed by atoms with van der Waals surface area (Å²) in [5, 5.41) is 3.76. The third-order valence-electron chi connectivity index (χ3n) is 4.22. The van der Waals surface area contributed by atoms with Crippen LogP contribution in [0.2, 0.25) is 5.02 Å². The molecule has 6 heteroatoms. The highest BCUT2D eigenvalue weighted by atomic mass is 35.5. The Balaban J connectivity index is 2.10. The summed E-state index contributed by atoms with van der Waals surface area (Å²) in [6, 6.07) is 8.76. The molecule has 3 aromatic rings. The Labute approximate surface area is 156 Å². The highest BCUT2D eigenvalue weighted by molar-refractivity contribution is 6.31. The van der Waals surface area contributed by atoms with Gasteiger partial charge in [-0.25, -0.2) is 4.98 Å². The molecule has 1 N–H and O–H groups in total. The number of carbonyl (C=O) groups excluding carboxylic acids is 1. The van der Waals surface area contributed by atoms with Crippen molar-refractivity contribution in [3.8, 4) is 0 Å². The number of aryl methyl sites for hydroxylation is 3. The van der Waals surface area contributed by atoms with Crippen LogP contribution in [0.3, 0.4) is 0 Å². The van der Waals surface area contributed by atoms with E-state index in [-0.39, 0.29) is 11.0 Å². The molecule has 2 aromatic heterocycles. The fourth-order valence-electron chi connectivity index (χ4n) is 2.85. The summed E-state index contributed by atoms with van der Waals surface area (Å²) in [5.41, 5.74) is 2.66. The topological polar surface area (TPSA) is 64.0 Å².